The van der Waals surface area contributed by atoms with E-state index in [0.29, 0.717) is 73.3 Å². The molecule has 27 heteroatoms. The number of hydrogen-bond acceptors (Lipinski definition) is 17. The van der Waals surface area contributed by atoms with Gasteiger partial charge in [0.2, 0.25) is 17.7 Å². The van der Waals surface area contributed by atoms with Crippen molar-refractivity contribution in [3.05, 3.63) is 106 Å². The molecule has 3 aromatic carbocycles. The highest BCUT2D eigenvalue weighted by atomic mass is 28.4. The minimum atomic E-state index is -2.25. The smallest absolute Gasteiger partial charge is 0.252 e. The Balaban J connectivity index is 0.000000388. The highest BCUT2D eigenvalue weighted by molar-refractivity contribution is 6.75. The molecule has 3 heterocycles. The largest absolute Gasteiger partial charge is 0.414 e. The maximum atomic E-state index is 14.0. The van der Waals surface area contributed by atoms with E-state index in [1.807, 2.05) is 77.1 Å². The molecule has 23 nitrogen and oxygen atoms in total. The zero-order valence-electron chi connectivity index (χ0n) is 80.6. The number of hydrogen-bond donors (Lipinski definition) is 8. The summed E-state index contributed by atoms with van der Waals surface area (Å²) in [6, 6.07) is 17.1. The molecule has 0 saturated carbocycles. The van der Waals surface area contributed by atoms with Crippen LogP contribution in [0.2, 0.25) is 72.5 Å². The molecule has 121 heavy (non-hydrogen) atoms. The fourth-order valence-corrected chi connectivity index (χ4v) is 16.8. The summed E-state index contributed by atoms with van der Waals surface area (Å²) in [7, 11) is -8.70. The molecule has 3 saturated heterocycles. The average molecular weight is 1760 g/mol. The molecule has 3 aliphatic rings. The maximum Gasteiger partial charge on any atom is 0.252 e. The van der Waals surface area contributed by atoms with Crippen molar-refractivity contribution in [2.75, 3.05) is 52.9 Å². The minimum absolute atomic E-state index is 0.0123. The highest BCUT2D eigenvalue weighted by Gasteiger charge is 2.59. The van der Waals surface area contributed by atoms with Crippen LogP contribution >= 0.6 is 0 Å². The number of ketones is 2. The van der Waals surface area contributed by atoms with Crippen molar-refractivity contribution in [1.29, 1.82) is 0 Å². The van der Waals surface area contributed by atoms with Gasteiger partial charge >= 0.3 is 0 Å². The quantitative estimate of drug-likeness (QED) is 0.0193. The van der Waals surface area contributed by atoms with Gasteiger partial charge < -0.3 is 74.0 Å². The summed E-state index contributed by atoms with van der Waals surface area (Å²) in [5, 5.41) is 38.6. The number of carbonyl (C=O) groups excluding carboxylic acids is 8. The van der Waals surface area contributed by atoms with Crippen molar-refractivity contribution in [2.45, 2.75) is 350 Å². The number of aliphatic hydroxyl groups excluding tert-OH is 2. The molecule has 3 aromatic rings. The predicted molar refractivity (Wildman–Crippen MR) is 495 cm³/mol. The van der Waals surface area contributed by atoms with Gasteiger partial charge in [-0.1, -0.05) is 209 Å². The molecule has 3 aliphatic heterocycles. The van der Waals surface area contributed by atoms with Gasteiger partial charge in [-0.15, -0.1) is 0 Å². The molecule has 686 valence electrons. The van der Waals surface area contributed by atoms with Gasteiger partial charge in [0.15, 0.2) is 56.0 Å². The zero-order valence-corrected chi connectivity index (χ0v) is 84.6. The van der Waals surface area contributed by atoms with Crippen molar-refractivity contribution >= 4 is 80.3 Å². The van der Waals surface area contributed by atoms with Crippen LogP contribution in [0, 0.1) is 35.5 Å². The van der Waals surface area contributed by atoms with Crippen LogP contribution in [0.1, 0.15) is 247 Å². The Hall–Kier alpha value is -5.67. The third-order valence-corrected chi connectivity index (χ3v) is 42.9. The first-order chi connectivity index (χ1) is 55.4. The minimum Gasteiger partial charge on any atom is -0.414 e. The van der Waals surface area contributed by atoms with Crippen LogP contribution in [0.3, 0.4) is 0 Å². The van der Waals surface area contributed by atoms with E-state index in [0.717, 1.165) is 36.0 Å². The molecule has 8 N–H and O–H groups in total. The van der Waals surface area contributed by atoms with Crippen LogP contribution in [0.5, 0.6) is 0 Å². The number of nitrogens with one attached hydrogen (secondary N) is 6. The van der Waals surface area contributed by atoms with E-state index < -0.39 is 117 Å². The van der Waals surface area contributed by atoms with Crippen molar-refractivity contribution in [2.24, 2.45) is 35.5 Å². The van der Waals surface area contributed by atoms with Gasteiger partial charge in [0.1, 0.15) is 29.8 Å². The van der Waals surface area contributed by atoms with Crippen LogP contribution < -0.4 is 31.9 Å². The van der Waals surface area contributed by atoms with E-state index in [1.165, 1.54) is 0 Å². The third-order valence-electron chi connectivity index (χ3n) is 25.0. The first-order valence-corrected chi connectivity index (χ1v) is 56.0. The second kappa shape index (κ2) is 44.7. The second-order valence-corrected chi connectivity index (χ2v) is 62.2. The van der Waals surface area contributed by atoms with E-state index in [2.05, 4.69) is 223 Å². The number of carbonyl (C=O) groups is 8. The summed E-state index contributed by atoms with van der Waals surface area (Å²) in [5.41, 5.74) is 1.85. The number of Topliss-reactive ketones (excluding diaryl/α,β-unsaturated/α-hetero) is 2. The molecule has 0 aromatic heterocycles. The normalized spacial score (nSPS) is 19.4. The SMILES string of the molecule is CC(C)Cc1cccc(C(=O)N[C@@H](CO[Si](C)(C)C(C)(C)C)C(=O)NC(CC(C)C)C(=O)C2(CO[Si](C)(C)C(C)(C)C)CO2)c1.CC(C)Cc1cccc(C(=O)N[C@@H](CO[Si](C)(C)C(C)(C)C)C(=O)NC(CC(C)C)C(O)C2(CO[Si](C)(C)C(C)(C)C)CO2)c1.CCC1(C(=O)C(CC(C)C)NC(=O)[C@H](CO)NC(=O)c2cccc(CC(C)C)c2)CO1. The van der Waals surface area contributed by atoms with Crippen molar-refractivity contribution in [3.8, 4) is 0 Å². The third kappa shape index (κ3) is 33.2. The monoisotopic (exact) mass is 1760 g/mol. The van der Waals surface area contributed by atoms with Gasteiger partial charge in [-0.3, -0.25) is 38.4 Å². The number of epoxide rings is 3. The molecule has 7 unspecified atom stereocenters. The first-order valence-electron chi connectivity index (χ1n) is 44.4. The predicted octanol–water partition coefficient (Wildman–Crippen LogP) is 15.8. The maximum absolute atomic E-state index is 14.0. The summed E-state index contributed by atoms with van der Waals surface area (Å²) >= 11 is 0. The van der Waals surface area contributed by atoms with Crippen LogP contribution in [0.15, 0.2) is 72.8 Å². The van der Waals surface area contributed by atoms with Crippen molar-refractivity contribution in [3.63, 3.8) is 0 Å². The Bertz CT molecular complexity index is 3880. The fourth-order valence-electron chi connectivity index (χ4n) is 12.7. The van der Waals surface area contributed by atoms with E-state index >= 15 is 0 Å². The van der Waals surface area contributed by atoms with E-state index in [4.69, 9.17) is 31.9 Å². The number of aliphatic hydroxyl groups is 2. The molecule has 0 radical (unpaired) electrons. The van der Waals surface area contributed by atoms with E-state index in [1.54, 1.807) is 30.3 Å². The summed E-state index contributed by atoms with van der Waals surface area (Å²) < 4.78 is 42.8. The van der Waals surface area contributed by atoms with Crippen LogP contribution in [-0.4, -0.2) is 203 Å². The Morgan fingerprint density at radius 3 is 0.983 bits per heavy atom. The van der Waals surface area contributed by atoms with Crippen molar-refractivity contribution in [1.82, 2.24) is 31.9 Å². The van der Waals surface area contributed by atoms with Gasteiger partial charge in [0, 0.05) is 16.7 Å². The Labute approximate surface area is 732 Å². The van der Waals surface area contributed by atoms with Crippen LogP contribution in [-0.2, 0) is 75.1 Å². The molecule has 3 fully saturated rings. The van der Waals surface area contributed by atoms with Crippen LogP contribution in [0.4, 0.5) is 0 Å². The Morgan fingerprint density at radius 2 is 0.694 bits per heavy atom. The molecule has 0 aliphatic carbocycles. The van der Waals surface area contributed by atoms with Gasteiger partial charge in [-0.25, -0.2) is 0 Å². The highest BCUT2D eigenvalue weighted by Crippen LogP contribution is 2.44. The summed E-state index contributed by atoms with van der Waals surface area (Å²) in [6.07, 6.45) is 3.56. The van der Waals surface area contributed by atoms with Gasteiger partial charge in [0.25, 0.3) is 17.7 Å². The lowest BCUT2D eigenvalue weighted by molar-refractivity contribution is -0.133. The van der Waals surface area contributed by atoms with Crippen LogP contribution in [0.25, 0.3) is 0 Å². The first kappa shape index (κ1) is 108. The zero-order chi connectivity index (χ0) is 92.4. The summed E-state index contributed by atoms with van der Waals surface area (Å²) in [5.74, 6) is -1.01. The number of rotatable bonds is 44. The fraction of sp³-hybridized carbons (Fsp3) is 0.723. The van der Waals surface area contributed by atoms with Gasteiger partial charge in [0.05, 0.1) is 71.0 Å². The molecule has 10 atom stereocenters. The number of benzene rings is 3. The molecule has 0 bridgehead atoms. The second-order valence-electron chi connectivity index (χ2n) is 43.0. The standard InChI is InChI=1S/C35H64N2O6Si2.C35H62N2O6Si2.C24H36N2O5/c2*1-24(2)18-26-16-15-17-27(20-26)31(39)37-29(21-42-44(11,12)33(5,6)7)32(40)36-28(19-25(3)4)30(38)35(22-41-35)23-43-45(13,14)34(8,9)10;1-6-24(14-31-24)21(28)19(11-16(4)5)25-23(30)20(13-27)26-22(29)18-9-7-8-17(12-18)10-15(2)3/h15-17,20,24-25,28-30,38H,18-19,21-23H2,1-14H3,(H,36,40)(H,37,39);15-17,20,24-25,28-29H,18-19,21-23H2,1-14H3,(H,36,40)(H,37,39);7-9,12,15-16,19-20,27H,6,10-11,13-14H2,1-5H3,(H,25,30)(H,26,29)/t28?,29-,30?,35?;28?,29-,35?;19?,20-,24?/m000/s1. The van der Waals surface area contributed by atoms with E-state index in [-0.39, 0.29) is 100 Å². The molecular weight excluding hydrogens is 1600 g/mol. The van der Waals surface area contributed by atoms with Crippen molar-refractivity contribution < 1.29 is 80.5 Å². The average Bonchev–Trinajstić information content (AvgIpc) is 1.62. The number of ether oxygens (including phenoxy) is 3. The summed E-state index contributed by atoms with van der Waals surface area (Å²) in [4.78, 5) is 107. The summed E-state index contributed by atoms with van der Waals surface area (Å²) in [6.45, 7) is 70.6. The van der Waals surface area contributed by atoms with Gasteiger partial charge in [-0.2, -0.15) is 0 Å². The molecular formula is C94H162N6O17Si4. The molecule has 6 rings (SSSR count). The topological polar surface area (TPSA) is 324 Å². The Kier molecular flexibility index (Phi) is 39.7. The number of amides is 6. The lowest BCUT2D eigenvalue weighted by Crippen LogP contribution is -2.59. The molecule has 6 amide bonds. The van der Waals surface area contributed by atoms with E-state index in [9.17, 15) is 48.6 Å². The van der Waals surface area contributed by atoms with Gasteiger partial charge in [-0.05, 0) is 206 Å². The lowest BCUT2D eigenvalue weighted by Gasteiger charge is -2.38. The Morgan fingerprint density at radius 1 is 0.397 bits per heavy atom. The lowest BCUT2D eigenvalue weighted by atomic mass is 9.90. The molecule has 0 spiro atoms.